The van der Waals surface area contributed by atoms with Gasteiger partial charge in [-0.2, -0.15) is 0 Å². The molecule has 0 fully saturated rings. The lowest BCUT2D eigenvalue weighted by molar-refractivity contribution is 0.179. The minimum absolute atomic E-state index is 0. The number of para-hydroxylation sites is 2. The number of guanidine groups is 1. The summed E-state index contributed by atoms with van der Waals surface area (Å²) >= 11 is 0. The highest BCUT2D eigenvalue weighted by atomic mass is 127. The number of aliphatic imine (C=N–C) groups is 1. The Kier molecular flexibility index (Phi) is 12.1. The van der Waals surface area contributed by atoms with Crippen molar-refractivity contribution < 1.29 is 14.2 Å². The molecule has 160 valence electrons. The number of aromatic nitrogens is 1. The van der Waals surface area contributed by atoms with Crippen LogP contribution in [0.4, 0.5) is 0 Å². The molecule has 1 aromatic heterocycles. The first-order valence-corrected chi connectivity index (χ1v) is 9.54. The summed E-state index contributed by atoms with van der Waals surface area (Å²) < 4.78 is 16.6. The Labute approximate surface area is 190 Å². The zero-order valence-electron chi connectivity index (χ0n) is 17.5. The van der Waals surface area contributed by atoms with Gasteiger partial charge in [-0.3, -0.25) is 0 Å². The molecule has 0 saturated heterocycles. The Morgan fingerprint density at radius 3 is 2.52 bits per heavy atom. The van der Waals surface area contributed by atoms with Crippen LogP contribution in [0.15, 0.2) is 47.6 Å². The van der Waals surface area contributed by atoms with Crippen molar-refractivity contribution in [1.29, 1.82) is 0 Å². The number of pyridine rings is 1. The van der Waals surface area contributed by atoms with Crippen LogP contribution in [0.3, 0.4) is 0 Å². The van der Waals surface area contributed by atoms with Gasteiger partial charge in [0.05, 0.1) is 19.8 Å². The van der Waals surface area contributed by atoms with Gasteiger partial charge >= 0.3 is 0 Å². The van der Waals surface area contributed by atoms with E-state index in [4.69, 9.17) is 14.2 Å². The first kappa shape index (κ1) is 25.0. The number of ether oxygens (including phenoxy) is 3. The summed E-state index contributed by atoms with van der Waals surface area (Å²) in [6, 6.07) is 11.5. The van der Waals surface area contributed by atoms with E-state index in [0.29, 0.717) is 37.1 Å². The van der Waals surface area contributed by atoms with E-state index in [1.54, 1.807) is 13.3 Å². The Bertz CT molecular complexity index is 741. The van der Waals surface area contributed by atoms with Gasteiger partial charge in [-0.1, -0.05) is 18.2 Å². The summed E-state index contributed by atoms with van der Waals surface area (Å²) in [5, 5.41) is 6.53. The normalized spacial score (nSPS) is 11.9. The average Bonchev–Trinajstić information content (AvgIpc) is 2.69. The molecule has 29 heavy (non-hydrogen) atoms. The van der Waals surface area contributed by atoms with Crippen molar-refractivity contribution in [2.45, 2.75) is 33.4 Å². The van der Waals surface area contributed by atoms with Gasteiger partial charge in [-0.05, 0) is 38.5 Å². The van der Waals surface area contributed by atoms with Gasteiger partial charge in [0, 0.05) is 32.0 Å². The molecule has 7 nitrogen and oxygen atoms in total. The largest absolute Gasteiger partial charge is 0.490 e. The zero-order valence-corrected chi connectivity index (χ0v) is 19.8. The summed E-state index contributed by atoms with van der Waals surface area (Å²) in [6.45, 7) is 8.51. The van der Waals surface area contributed by atoms with Gasteiger partial charge in [0.2, 0.25) is 5.88 Å². The van der Waals surface area contributed by atoms with Crippen LogP contribution in [0.1, 0.15) is 26.3 Å². The molecule has 1 aromatic carbocycles. The molecule has 0 spiro atoms. The standard InChI is InChI=1S/C21H30N4O3.HI/c1-5-22-21(25-16(3)15-26-4)24-14-17-11-12-20(23-13-17)28-19-10-8-7-9-18(19)27-6-2;/h7-13,16H,5-6,14-15H2,1-4H3,(H2,22,24,25);1H. The fourth-order valence-electron chi connectivity index (χ4n) is 2.50. The van der Waals surface area contributed by atoms with E-state index < -0.39 is 0 Å². The first-order chi connectivity index (χ1) is 13.7. The third kappa shape index (κ3) is 8.86. The van der Waals surface area contributed by atoms with E-state index in [1.165, 1.54) is 0 Å². The lowest BCUT2D eigenvalue weighted by Crippen LogP contribution is -2.43. The van der Waals surface area contributed by atoms with Crippen LogP contribution < -0.4 is 20.1 Å². The number of benzene rings is 1. The number of halogens is 1. The summed E-state index contributed by atoms with van der Waals surface area (Å²) in [5.74, 6) is 2.61. The van der Waals surface area contributed by atoms with Gasteiger partial charge in [-0.25, -0.2) is 9.98 Å². The summed E-state index contributed by atoms with van der Waals surface area (Å²) in [6.07, 6.45) is 1.77. The van der Waals surface area contributed by atoms with Gasteiger partial charge in [-0.15, -0.1) is 24.0 Å². The number of hydrogen-bond acceptors (Lipinski definition) is 5. The molecule has 0 bridgehead atoms. The molecule has 1 atom stereocenters. The summed E-state index contributed by atoms with van der Waals surface area (Å²) in [5.41, 5.74) is 0.988. The maximum atomic E-state index is 5.85. The molecule has 1 unspecified atom stereocenters. The highest BCUT2D eigenvalue weighted by molar-refractivity contribution is 14.0. The van der Waals surface area contributed by atoms with Crippen molar-refractivity contribution in [2.24, 2.45) is 4.99 Å². The SMILES string of the molecule is CCNC(=NCc1ccc(Oc2ccccc2OCC)nc1)NC(C)COC.I. The predicted octanol–water partition coefficient (Wildman–Crippen LogP) is 3.98. The average molecular weight is 514 g/mol. The molecule has 0 saturated carbocycles. The van der Waals surface area contributed by atoms with Gasteiger partial charge < -0.3 is 24.8 Å². The van der Waals surface area contributed by atoms with E-state index in [0.717, 1.165) is 18.1 Å². The van der Waals surface area contributed by atoms with Gasteiger partial charge in [0.15, 0.2) is 17.5 Å². The molecule has 0 amide bonds. The van der Waals surface area contributed by atoms with Crippen molar-refractivity contribution >= 4 is 29.9 Å². The fraction of sp³-hybridized carbons (Fsp3) is 0.429. The van der Waals surface area contributed by atoms with Gasteiger partial charge in [0.25, 0.3) is 0 Å². The van der Waals surface area contributed by atoms with Crippen molar-refractivity contribution in [2.75, 3.05) is 26.9 Å². The lowest BCUT2D eigenvalue weighted by Gasteiger charge is -2.17. The van der Waals surface area contributed by atoms with Crippen LogP contribution in [-0.4, -0.2) is 43.9 Å². The highest BCUT2D eigenvalue weighted by Crippen LogP contribution is 2.30. The van der Waals surface area contributed by atoms with Crippen LogP contribution in [-0.2, 0) is 11.3 Å². The second kappa shape index (κ2) is 14.0. The predicted molar refractivity (Wildman–Crippen MR) is 127 cm³/mol. The Hall–Kier alpha value is -2.07. The molecule has 8 heteroatoms. The highest BCUT2D eigenvalue weighted by Gasteiger charge is 2.07. The second-order valence-corrected chi connectivity index (χ2v) is 6.18. The Morgan fingerprint density at radius 1 is 1.14 bits per heavy atom. The first-order valence-electron chi connectivity index (χ1n) is 9.54. The van der Waals surface area contributed by atoms with Crippen LogP contribution in [0, 0.1) is 0 Å². The Balaban J connectivity index is 0.00000420. The van der Waals surface area contributed by atoms with E-state index in [-0.39, 0.29) is 30.0 Å². The molecule has 0 radical (unpaired) electrons. The number of nitrogens with zero attached hydrogens (tertiary/aromatic N) is 2. The van der Waals surface area contributed by atoms with E-state index in [1.807, 2.05) is 57.2 Å². The lowest BCUT2D eigenvalue weighted by atomic mass is 10.3. The quantitative estimate of drug-likeness (QED) is 0.284. The molecule has 2 N–H and O–H groups in total. The monoisotopic (exact) mass is 514 g/mol. The maximum Gasteiger partial charge on any atom is 0.219 e. The maximum absolute atomic E-state index is 5.85. The third-order valence-corrected chi connectivity index (χ3v) is 3.72. The molecule has 2 rings (SSSR count). The van der Waals surface area contributed by atoms with Crippen LogP contribution in [0.2, 0.25) is 0 Å². The van der Waals surface area contributed by atoms with Crippen molar-refractivity contribution in [3.8, 4) is 17.4 Å². The van der Waals surface area contributed by atoms with Crippen molar-refractivity contribution in [3.63, 3.8) is 0 Å². The van der Waals surface area contributed by atoms with E-state index >= 15 is 0 Å². The van der Waals surface area contributed by atoms with Crippen LogP contribution in [0.5, 0.6) is 17.4 Å². The van der Waals surface area contributed by atoms with E-state index in [9.17, 15) is 0 Å². The minimum Gasteiger partial charge on any atom is -0.490 e. The molecule has 0 aliphatic heterocycles. The molecular weight excluding hydrogens is 483 g/mol. The second-order valence-electron chi connectivity index (χ2n) is 6.18. The number of hydrogen-bond donors (Lipinski definition) is 2. The summed E-state index contributed by atoms with van der Waals surface area (Å²) in [7, 11) is 1.68. The van der Waals surface area contributed by atoms with Crippen LogP contribution in [0.25, 0.3) is 0 Å². The number of rotatable bonds is 10. The minimum atomic E-state index is 0. The third-order valence-electron chi connectivity index (χ3n) is 3.72. The topological polar surface area (TPSA) is 77.0 Å². The summed E-state index contributed by atoms with van der Waals surface area (Å²) in [4.78, 5) is 8.98. The zero-order chi connectivity index (χ0) is 20.2. The van der Waals surface area contributed by atoms with Crippen molar-refractivity contribution in [3.05, 3.63) is 48.2 Å². The van der Waals surface area contributed by atoms with Crippen molar-refractivity contribution in [1.82, 2.24) is 15.6 Å². The number of nitrogens with one attached hydrogen (secondary N) is 2. The molecule has 1 heterocycles. The molecule has 0 aliphatic carbocycles. The van der Waals surface area contributed by atoms with Gasteiger partial charge in [0.1, 0.15) is 0 Å². The molecule has 2 aromatic rings. The number of methoxy groups -OCH3 is 1. The fourth-order valence-corrected chi connectivity index (χ4v) is 2.50. The molecular formula is C21H31IN4O3. The smallest absolute Gasteiger partial charge is 0.219 e. The molecule has 0 aliphatic rings. The Morgan fingerprint density at radius 2 is 1.90 bits per heavy atom. The van der Waals surface area contributed by atoms with Crippen LogP contribution >= 0.6 is 24.0 Å². The van der Waals surface area contributed by atoms with E-state index in [2.05, 4.69) is 20.6 Å².